The van der Waals surface area contributed by atoms with Crippen molar-refractivity contribution in [2.24, 2.45) is 5.92 Å². The second-order valence-electron chi connectivity index (χ2n) is 6.02. The van der Waals surface area contributed by atoms with E-state index in [4.69, 9.17) is 0 Å². The fraction of sp³-hybridized carbons (Fsp3) is 1.00. The van der Waals surface area contributed by atoms with E-state index in [0.29, 0.717) is 0 Å². The zero-order valence-electron chi connectivity index (χ0n) is 12.6. The maximum absolute atomic E-state index is 2.69. The Morgan fingerprint density at radius 2 is 1.56 bits per heavy atom. The molecule has 1 rings (SSSR count). The second-order valence-corrected chi connectivity index (χ2v) is 6.02. The molecule has 1 aliphatic rings. The van der Waals surface area contributed by atoms with Crippen LogP contribution in [-0.2, 0) is 0 Å². The molecule has 0 bridgehead atoms. The maximum Gasteiger partial charge on any atom is 0.000703 e. The van der Waals surface area contributed by atoms with E-state index in [2.05, 4.69) is 18.7 Å². The monoisotopic (exact) mass is 367 g/mol. The second kappa shape index (κ2) is 12.7. The van der Waals surface area contributed by atoms with Gasteiger partial charge in [0.2, 0.25) is 0 Å². The largest absolute Gasteiger partial charge is 0.303 e. The number of nitrogens with zero attached hydrogens (tertiary/aromatic N) is 1. The Morgan fingerprint density at radius 1 is 0.944 bits per heavy atom. The standard InChI is InChI=1S/C16H33N.HI/c1-3-4-5-6-7-8-9-10-13-17-14-11-12-16(2)15-17;/h16H,3-15H2,1-2H3;1H. The van der Waals surface area contributed by atoms with Crippen LogP contribution in [0.25, 0.3) is 0 Å². The molecule has 0 spiro atoms. The summed E-state index contributed by atoms with van der Waals surface area (Å²) in [5, 5.41) is 0. The molecule has 1 fully saturated rings. The first kappa shape index (κ1) is 18.7. The lowest BCUT2D eigenvalue weighted by atomic mass is 10.00. The minimum Gasteiger partial charge on any atom is -0.303 e. The molecule has 0 aromatic rings. The molecule has 0 N–H and O–H groups in total. The SMILES string of the molecule is CCCCCCCCCCN1CCCC(C)C1.I. The lowest BCUT2D eigenvalue weighted by Gasteiger charge is -2.30. The predicted molar refractivity (Wildman–Crippen MR) is 92.9 cm³/mol. The van der Waals surface area contributed by atoms with E-state index in [9.17, 15) is 0 Å². The predicted octanol–water partition coefficient (Wildman–Crippen LogP) is 5.48. The van der Waals surface area contributed by atoms with E-state index in [1.165, 1.54) is 83.8 Å². The number of piperidine rings is 1. The Labute approximate surface area is 132 Å². The van der Waals surface area contributed by atoms with Crippen LogP contribution < -0.4 is 0 Å². The third-order valence-electron chi connectivity index (χ3n) is 4.07. The number of hydrogen-bond donors (Lipinski definition) is 0. The van der Waals surface area contributed by atoms with Crippen molar-refractivity contribution in [1.82, 2.24) is 4.90 Å². The van der Waals surface area contributed by atoms with Crippen molar-refractivity contribution >= 4 is 24.0 Å². The highest BCUT2D eigenvalue weighted by Crippen LogP contribution is 2.16. The Kier molecular flexibility index (Phi) is 13.2. The van der Waals surface area contributed by atoms with E-state index < -0.39 is 0 Å². The molecule has 0 amide bonds. The van der Waals surface area contributed by atoms with Gasteiger partial charge in [-0.15, -0.1) is 24.0 Å². The topological polar surface area (TPSA) is 3.24 Å². The highest BCUT2D eigenvalue weighted by atomic mass is 127. The summed E-state index contributed by atoms with van der Waals surface area (Å²) in [6.45, 7) is 8.77. The van der Waals surface area contributed by atoms with E-state index in [1.807, 2.05) is 0 Å². The molecule has 1 saturated heterocycles. The van der Waals surface area contributed by atoms with E-state index in [0.717, 1.165) is 5.92 Å². The molecule has 0 radical (unpaired) electrons. The Hall–Kier alpha value is 0.690. The first-order valence-electron chi connectivity index (χ1n) is 8.05. The van der Waals surface area contributed by atoms with Gasteiger partial charge in [-0.2, -0.15) is 0 Å². The van der Waals surface area contributed by atoms with E-state index in [1.54, 1.807) is 0 Å². The van der Waals surface area contributed by atoms with Gasteiger partial charge < -0.3 is 4.90 Å². The summed E-state index contributed by atoms with van der Waals surface area (Å²) < 4.78 is 0. The maximum atomic E-state index is 2.69. The van der Waals surface area contributed by atoms with Crippen molar-refractivity contribution in [2.45, 2.75) is 78.1 Å². The van der Waals surface area contributed by atoms with Crippen LogP contribution in [0.3, 0.4) is 0 Å². The normalized spacial score (nSPS) is 20.7. The van der Waals surface area contributed by atoms with Crippen LogP contribution in [0.1, 0.15) is 78.1 Å². The zero-order valence-corrected chi connectivity index (χ0v) is 15.0. The average Bonchev–Trinajstić information content (AvgIpc) is 2.33. The van der Waals surface area contributed by atoms with Crippen LogP contribution in [0, 0.1) is 5.92 Å². The fourth-order valence-electron chi connectivity index (χ4n) is 2.96. The third kappa shape index (κ3) is 9.60. The third-order valence-corrected chi connectivity index (χ3v) is 4.07. The molecule has 0 aliphatic carbocycles. The first-order valence-corrected chi connectivity index (χ1v) is 8.05. The number of likely N-dealkylation sites (tertiary alicyclic amines) is 1. The van der Waals surface area contributed by atoms with Crippen LogP contribution in [0.5, 0.6) is 0 Å². The van der Waals surface area contributed by atoms with Gasteiger partial charge in [-0.1, -0.05) is 58.8 Å². The summed E-state index contributed by atoms with van der Waals surface area (Å²) in [6, 6.07) is 0. The van der Waals surface area contributed by atoms with Crippen molar-refractivity contribution < 1.29 is 0 Å². The van der Waals surface area contributed by atoms with Crippen LogP contribution in [0.4, 0.5) is 0 Å². The van der Waals surface area contributed by atoms with Crippen molar-refractivity contribution in [3.8, 4) is 0 Å². The van der Waals surface area contributed by atoms with Crippen LogP contribution in [0.2, 0.25) is 0 Å². The smallest absolute Gasteiger partial charge is 0.000703 e. The van der Waals surface area contributed by atoms with E-state index in [-0.39, 0.29) is 24.0 Å². The molecular formula is C16H34IN. The average molecular weight is 367 g/mol. The van der Waals surface area contributed by atoms with Gasteiger partial charge in [0.1, 0.15) is 0 Å². The molecule has 1 aliphatic heterocycles. The van der Waals surface area contributed by atoms with Crippen molar-refractivity contribution in [3.05, 3.63) is 0 Å². The highest BCUT2D eigenvalue weighted by Gasteiger charge is 2.14. The highest BCUT2D eigenvalue weighted by molar-refractivity contribution is 14.0. The first-order chi connectivity index (χ1) is 8.33. The Bertz CT molecular complexity index is 172. The summed E-state index contributed by atoms with van der Waals surface area (Å²) in [5.74, 6) is 0.942. The summed E-state index contributed by atoms with van der Waals surface area (Å²) >= 11 is 0. The molecule has 0 aromatic carbocycles. The molecule has 1 atom stereocenters. The number of rotatable bonds is 9. The zero-order chi connectivity index (χ0) is 12.3. The minimum atomic E-state index is 0. The quantitative estimate of drug-likeness (QED) is 0.385. The number of halogens is 1. The van der Waals surface area contributed by atoms with Crippen molar-refractivity contribution in [3.63, 3.8) is 0 Å². The van der Waals surface area contributed by atoms with Gasteiger partial charge in [0.25, 0.3) is 0 Å². The lowest BCUT2D eigenvalue weighted by Crippen LogP contribution is -2.34. The fourth-order valence-corrected chi connectivity index (χ4v) is 2.96. The van der Waals surface area contributed by atoms with Crippen LogP contribution >= 0.6 is 24.0 Å². The van der Waals surface area contributed by atoms with Crippen molar-refractivity contribution in [1.29, 1.82) is 0 Å². The molecule has 1 unspecified atom stereocenters. The minimum absolute atomic E-state index is 0. The number of unbranched alkanes of at least 4 members (excludes halogenated alkanes) is 7. The molecule has 1 heterocycles. The number of hydrogen-bond acceptors (Lipinski definition) is 1. The van der Waals surface area contributed by atoms with Gasteiger partial charge in [0, 0.05) is 6.54 Å². The summed E-state index contributed by atoms with van der Waals surface area (Å²) in [7, 11) is 0. The Balaban J connectivity index is 0.00000289. The molecule has 2 heteroatoms. The molecule has 110 valence electrons. The molecule has 1 nitrogen and oxygen atoms in total. The van der Waals surface area contributed by atoms with Crippen LogP contribution in [0.15, 0.2) is 0 Å². The van der Waals surface area contributed by atoms with Gasteiger partial charge in [0.15, 0.2) is 0 Å². The van der Waals surface area contributed by atoms with Crippen LogP contribution in [-0.4, -0.2) is 24.5 Å². The lowest BCUT2D eigenvalue weighted by molar-refractivity contribution is 0.180. The van der Waals surface area contributed by atoms with Gasteiger partial charge >= 0.3 is 0 Å². The van der Waals surface area contributed by atoms with Gasteiger partial charge in [-0.25, -0.2) is 0 Å². The molecule has 0 aromatic heterocycles. The Morgan fingerprint density at radius 3 is 2.17 bits per heavy atom. The van der Waals surface area contributed by atoms with Crippen molar-refractivity contribution in [2.75, 3.05) is 19.6 Å². The molecule has 0 saturated carbocycles. The molecule has 18 heavy (non-hydrogen) atoms. The molecular weight excluding hydrogens is 333 g/mol. The van der Waals surface area contributed by atoms with Gasteiger partial charge in [-0.3, -0.25) is 0 Å². The van der Waals surface area contributed by atoms with Gasteiger partial charge in [-0.05, 0) is 38.3 Å². The van der Waals surface area contributed by atoms with Gasteiger partial charge in [0.05, 0.1) is 0 Å². The summed E-state index contributed by atoms with van der Waals surface area (Å²) in [6.07, 6.45) is 14.4. The summed E-state index contributed by atoms with van der Waals surface area (Å²) in [5.41, 5.74) is 0. The summed E-state index contributed by atoms with van der Waals surface area (Å²) in [4.78, 5) is 2.69. The van der Waals surface area contributed by atoms with E-state index >= 15 is 0 Å².